The zero-order chi connectivity index (χ0) is 11.3. The molecule has 0 bridgehead atoms. The highest BCUT2D eigenvalue weighted by Crippen LogP contribution is 2.19. The van der Waals surface area contributed by atoms with Crippen LogP contribution in [0, 0.1) is 11.3 Å². The molecule has 1 rings (SSSR count). The first-order valence-electron chi connectivity index (χ1n) is 4.42. The van der Waals surface area contributed by atoms with Crippen LogP contribution < -0.4 is 10.6 Å². The first kappa shape index (κ1) is 11.3. The lowest BCUT2D eigenvalue weighted by Crippen LogP contribution is -2.28. The SMILES string of the molecule is CCNC(=O)Nc1ccc(C#N)c(Cl)c1. The van der Waals surface area contributed by atoms with Gasteiger partial charge in [-0.25, -0.2) is 4.79 Å². The molecule has 0 fully saturated rings. The molecule has 0 aliphatic carbocycles. The van der Waals surface area contributed by atoms with Gasteiger partial charge >= 0.3 is 6.03 Å². The fourth-order valence-corrected chi connectivity index (χ4v) is 1.24. The van der Waals surface area contributed by atoms with Crippen LogP contribution in [0.4, 0.5) is 10.5 Å². The topological polar surface area (TPSA) is 64.9 Å². The summed E-state index contributed by atoms with van der Waals surface area (Å²) in [5.41, 5.74) is 0.947. The predicted molar refractivity (Wildman–Crippen MR) is 58.9 cm³/mol. The van der Waals surface area contributed by atoms with E-state index >= 15 is 0 Å². The highest BCUT2D eigenvalue weighted by molar-refractivity contribution is 6.32. The van der Waals surface area contributed by atoms with Crippen LogP contribution in [0.5, 0.6) is 0 Å². The zero-order valence-electron chi connectivity index (χ0n) is 8.17. The Hall–Kier alpha value is -1.73. The van der Waals surface area contributed by atoms with Gasteiger partial charge in [0.1, 0.15) is 6.07 Å². The number of halogens is 1. The Morgan fingerprint density at radius 1 is 1.60 bits per heavy atom. The molecule has 0 saturated carbocycles. The van der Waals surface area contributed by atoms with Crippen molar-refractivity contribution in [3.05, 3.63) is 28.8 Å². The lowest BCUT2D eigenvalue weighted by Gasteiger charge is -2.06. The van der Waals surface area contributed by atoms with E-state index in [1.54, 1.807) is 12.1 Å². The Bertz CT molecular complexity index is 412. The second kappa shape index (κ2) is 5.23. The molecule has 0 aliphatic heterocycles. The molecule has 0 radical (unpaired) electrons. The lowest BCUT2D eigenvalue weighted by atomic mass is 10.2. The van der Waals surface area contributed by atoms with Crippen molar-refractivity contribution in [3.8, 4) is 6.07 Å². The van der Waals surface area contributed by atoms with Crippen LogP contribution in [0.3, 0.4) is 0 Å². The van der Waals surface area contributed by atoms with Gasteiger partial charge in [0.2, 0.25) is 0 Å². The van der Waals surface area contributed by atoms with E-state index in [0.29, 0.717) is 22.8 Å². The minimum atomic E-state index is -0.293. The van der Waals surface area contributed by atoms with Crippen LogP contribution in [0.25, 0.3) is 0 Å². The summed E-state index contributed by atoms with van der Waals surface area (Å²) in [5, 5.41) is 14.1. The number of anilines is 1. The number of nitrogens with one attached hydrogen (secondary N) is 2. The third-order valence-corrected chi connectivity index (χ3v) is 2.00. The van der Waals surface area contributed by atoms with E-state index in [4.69, 9.17) is 16.9 Å². The summed E-state index contributed by atoms with van der Waals surface area (Å²) < 4.78 is 0. The summed E-state index contributed by atoms with van der Waals surface area (Å²) in [6, 6.07) is 6.37. The molecular formula is C10H10ClN3O. The number of urea groups is 1. The van der Waals surface area contributed by atoms with Crippen molar-refractivity contribution in [2.75, 3.05) is 11.9 Å². The van der Waals surface area contributed by atoms with Crippen molar-refractivity contribution < 1.29 is 4.79 Å². The van der Waals surface area contributed by atoms with Crippen molar-refractivity contribution in [2.45, 2.75) is 6.92 Å². The summed E-state index contributed by atoms with van der Waals surface area (Å²) in [7, 11) is 0. The fraction of sp³-hybridized carbons (Fsp3) is 0.200. The first-order chi connectivity index (χ1) is 7.17. The number of nitriles is 1. The van der Waals surface area contributed by atoms with E-state index in [-0.39, 0.29) is 6.03 Å². The standard InChI is InChI=1S/C10H10ClN3O/c1-2-13-10(15)14-8-4-3-7(6-12)9(11)5-8/h3-5H,2H2,1H3,(H2,13,14,15). The molecule has 0 aliphatic rings. The van der Waals surface area contributed by atoms with Gasteiger partial charge in [0.25, 0.3) is 0 Å². The molecule has 15 heavy (non-hydrogen) atoms. The molecule has 5 heteroatoms. The van der Waals surface area contributed by atoms with Crippen LogP contribution in [-0.2, 0) is 0 Å². The number of amides is 2. The maximum absolute atomic E-state index is 11.1. The van der Waals surface area contributed by atoms with Gasteiger partial charge in [0, 0.05) is 12.2 Å². The molecule has 1 aromatic carbocycles. The van der Waals surface area contributed by atoms with Crippen molar-refractivity contribution in [1.82, 2.24) is 5.32 Å². The number of hydrogen-bond donors (Lipinski definition) is 2. The molecule has 0 saturated heterocycles. The number of nitrogens with zero attached hydrogens (tertiary/aromatic N) is 1. The van der Waals surface area contributed by atoms with Crippen molar-refractivity contribution in [2.24, 2.45) is 0 Å². The van der Waals surface area contributed by atoms with Gasteiger partial charge in [0.05, 0.1) is 10.6 Å². The molecule has 2 N–H and O–H groups in total. The van der Waals surface area contributed by atoms with Crippen LogP contribution in [0.15, 0.2) is 18.2 Å². The molecular weight excluding hydrogens is 214 g/mol. The van der Waals surface area contributed by atoms with E-state index in [0.717, 1.165) is 0 Å². The number of rotatable bonds is 2. The van der Waals surface area contributed by atoms with Gasteiger partial charge in [-0.3, -0.25) is 0 Å². The molecule has 4 nitrogen and oxygen atoms in total. The van der Waals surface area contributed by atoms with Gasteiger partial charge in [-0.15, -0.1) is 0 Å². The van der Waals surface area contributed by atoms with Crippen molar-refractivity contribution in [1.29, 1.82) is 5.26 Å². The second-order valence-electron chi connectivity index (χ2n) is 2.79. The van der Waals surface area contributed by atoms with Gasteiger partial charge in [-0.2, -0.15) is 5.26 Å². The highest BCUT2D eigenvalue weighted by Gasteiger charge is 2.03. The van der Waals surface area contributed by atoms with E-state index < -0.39 is 0 Å². The largest absolute Gasteiger partial charge is 0.338 e. The summed E-state index contributed by atoms with van der Waals surface area (Å²) in [4.78, 5) is 11.1. The summed E-state index contributed by atoms with van der Waals surface area (Å²) in [6.07, 6.45) is 0. The third-order valence-electron chi connectivity index (χ3n) is 1.68. The fourth-order valence-electron chi connectivity index (χ4n) is 1.02. The maximum atomic E-state index is 11.1. The highest BCUT2D eigenvalue weighted by atomic mass is 35.5. The molecule has 0 aromatic heterocycles. The Morgan fingerprint density at radius 2 is 2.33 bits per heavy atom. The average molecular weight is 224 g/mol. The molecule has 2 amide bonds. The third kappa shape index (κ3) is 3.15. The zero-order valence-corrected chi connectivity index (χ0v) is 8.93. The molecule has 1 aromatic rings. The van der Waals surface area contributed by atoms with E-state index in [1.807, 2.05) is 13.0 Å². The van der Waals surface area contributed by atoms with Gasteiger partial charge < -0.3 is 10.6 Å². The second-order valence-corrected chi connectivity index (χ2v) is 3.20. The Kier molecular flexibility index (Phi) is 3.95. The summed E-state index contributed by atoms with van der Waals surface area (Å²) in [6.45, 7) is 2.38. The first-order valence-corrected chi connectivity index (χ1v) is 4.79. The number of carbonyl (C=O) groups excluding carboxylic acids is 1. The van der Waals surface area contributed by atoms with Crippen molar-refractivity contribution in [3.63, 3.8) is 0 Å². The predicted octanol–water partition coefficient (Wildman–Crippen LogP) is 2.35. The monoisotopic (exact) mass is 223 g/mol. The molecule has 0 heterocycles. The Morgan fingerprint density at radius 3 is 2.87 bits per heavy atom. The summed E-state index contributed by atoms with van der Waals surface area (Å²) in [5.74, 6) is 0. The molecule has 0 atom stereocenters. The van der Waals surface area contributed by atoms with Crippen molar-refractivity contribution >= 4 is 23.3 Å². The molecule has 0 spiro atoms. The van der Waals surface area contributed by atoms with E-state index in [2.05, 4.69) is 10.6 Å². The molecule has 78 valence electrons. The molecule has 0 unspecified atom stereocenters. The number of hydrogen-bond acceptors (Lipinski definition) is 2. The van der Waals surface area contributed by atoms with E-state index in [1.165, 1.54) is 6.07 Å². The van der Waals surface area contributed by atoms with Gasteiger partial charge in [0.15, 0.2) is 0 Å². The lowest BCUT2D eigenvalue weighted by molar-refractivity contribution is 0.252. The minimum Gasteiger partial charge on any atom is -0.338 e. The van der Waals surface area contributed by atoms with Crippen LogP contribution in [-0.4, -0.2) is 12.6 Å². The van der Waals surface area contributed by atoms with Crippen LogP contribution >= 0.6 is 11.6 Å². The minimum absolute atomic E-state index is 0.293. The maximum Gasteiger partial charge on any atom is 0.319 e. The summed E-state index contributed by atoms with van der Waals surface area (Å²) >= 11 is 5.80. The number of benzene rings is 1. The quantitative estimate of drug-likeness (QED) is 0.808. The Labute approximate surface area is 92.8 Å². The average Bonchev–Trinajstić information content (AvgIpc) is 2.18. The van der Waals surface area contributed by atoms with Crippen LogP contribution in [0.1, 0.15) is 12.5 Å². The van der Waals surface area contributed by atoms with Crippen LogP contribution in [0.2, 0.25) is 5.02 Å². The normalized spacial score (nSPS) is 9.13. The van der Waals surface area contributed by atoms with Gasteiger partial charge in [-0.1, -0.05) is 11.6 Å². The smallest absolute Gasteiger partial charge is 0.319 e. The number of carbonyl (C=O) groups is 1. The van der Waals surface area contributed by atoms with Gasteiger partial charge in [-0.05, 0) is 25.1 Å². The van der Waals surface area contributed by atoms with E-state index in [9.17, 15) is 4.79 Å². The Balaban J connectivity index is 2.76.